The van der Waals surface area contributed by atoms with Gasteiger partial charge >= 0.3 is 6.09 Å². The van der Waals surface area contributed by atoms with Crippen LogP contribution in [-0.4, -0.2) is 67.0 Å². The fourth-order valence-corrected chi connectivity index (χ4v) is 3.43. The summed E-state index contributed by atoms with van der Waals surface area (Å²) in [5, 5.41) is 2.93. The van der Waals surface area contributed by atoms with Crippen molar-refractivity contribution >= 4 is 17.9 Å². The molecule has 0 saturated carbocycles. The molecule has 154 valence electrons. The van der Waals surface area contributed by atoms with Crippen LogP contribution in [0.3, 0.4) is 0 Å². The van der Waals surface area contributed by atoms with Crippen LogP contribution in [0, 0.1) is 12.8 Å². The smallest absolute Gasteiger partial charge is 0.409 e. The number of rotatable bonds is 5. The van der Waals surface area contributed by atoms with Gasteiger partial charge in [0.1, 0.15) is 6.04 Å². The molecular weight excluding hydrogens is 358 g/mol. The summed E-state index contributed by atoms with van der Waals surface area (Å²) in [5.41, 5.74) is 1.45. The summed E-state index contributed by atoms with van der Waals surface area (Å²) in [5.74, 6) is -0.0740. The first-order chi connectivity index (χ1) is 13.3. The van der Waals surface area contributed by atoms with Crippen molar-refractivity contribution in [1.82, 2.24) is 15.1 Å². The second kappa shape index (κ2) is 10.1. The minimum absolute atomic E-state index is 0.0950. The Bertz CT molecular complexity index is 705. The van der Waals surface area contributed by atoms with E-state index in [0.29, 0.717) is 44.6 Å². The lowest BCUT2D eigenvalue weighted by Gasteiger charge is -2.28. The molecule has 0 aliphatic carbocycles. The van der Waals surface area contributed by atoms with Crippen molar-refractivity contribution in [2.75, 3.05) is 33.3 Å². The number of hydrogen-bond acceptors (Lipinski definition) is 4. The number of aryl methyl sites for hydroxylation is 1. The highest BCUT2D eigenvalue weighted by atomic mass is 16.5. The summed E-state index contributed by atoms with van der Waals surface area (Å²) in [6, 6.07) is 6.76. The molecular formula is C21H31N3O4. The Morgan fingerprint density at radius 1 is 1.07 bits per heavy atom. The fourth-order valence-electron chi connectivity index (χ4n) is 3.43. The minimum atomic E-state index is -0.586. The second-order valence-electron chi connectivity index (χ2n) is 7.61. The number of carbonyl (C=O) groups is 3. The molecule has 1 N–H and O–H groups in total. The molecule has 1 unspecified atom stereocenters. The van der Waals surface area contributed by atoms with E-state index in [4.69, 9.17) is 4.74 Å². The third-order valence-corrected chi connectivity index (χ3v) is 4.94. The molecule has 0 spiro atoms. The molecule has 3 amide bonds. The lowest BCUT2D eigenvalue weighted by molar-refractivity contribution is -0.133. The zero-order valence-corrected chi connectivity index (χ0v) is 17.2. The Balaban J connectivity index is 2.09. The predicted octanol–water partition coefficient (Wildman–Crippen LogP) is 2.44. The third kappa shape index (κ3) is 5.71. The highest BCUT2D eigenvalue weighted by Gasteiger charge is 2.29. The molecule has 1 aromatic rings. The first-order valence-electron chi connectivity index (χ1n) is 9.81. The molecule has 0 radical (unpaired) electrons. The van der Waals surface area contributed by atoms with Gasteiger partial charge in [0.15, 0.2) is 0 Å². The molecule has 28 heavy (non-hydrogen) atoms. The number of ether oxygens (including phenoxy) is 1. The van der Waals surface area contributed by atoms with Gasteiger partial charge in [0.05, 0.1) is 7.11 Å². The zero-order valence-electron chi connectivity index (χ0n) is 17.2. The molecule has 7 nitrogen and oxygen atoms in total. The second-order valence-corrected chi connectivity index (χ2v) is 7.61. The van der Waals surface area contributed by atoms with Crippen LogP contribution in [0.5, 0.6) is 0 Å². The molecule has 0 aromatic heterocycles. The molecule has 1 aliphatic heterocycles. The Labute approximate surface area is 167 Å². The number of carbonyl (C=O) groups excluding carboxylic acids is 3. The highest BCUT2D eigenvalue weighted by molar-refractivity contribution is 5.98. The monoisotopic (exact) mass is 389 g/mol. The van der Waals surface area contributed by atoms with E-state index in [1.165, 1.54) is 7.11 Å². The number of benzene rings is 1. The molecule has 7 heteroatoms. The van der Waals surface area contributed by atoms with E-state index in [-0.39, 0.29) is 23.8 Å². The Kier molecular flexibility index (Phi) is 7.84. The number of hydrogen-bond donors (Lipinski definition) is 1. The average molecular weight is 389 g/mol. The van der Waals surface area contributed by atoms with E-state index in [1.807, 2.05) is 39.0 Å². The highest BCUT2D eigenvalue weighted by Crippen LogP contribution is 2.13. The Morgan fingerprint density at radius 2 is 1.71 bits per heavy atom. The summed E-state index contributed by atoms with van der Waals surface area (Å²) >= 11 is 0. The van der Waals surface area contributed by atoms with Crippen LogP contribution in [0.2, 0.25) is 0 Å². The first-order valence-corrected chi connectivity index (χ1v) is 9.81. The van der Waals surface area contributed by atoms with Gasteiger partial charge in [-0.1, -0.05) is 32.0 Å². The van der Waals surface area contributed by atoms with Crippen LogP contribution in [-0.2, 0) is 9.53 Å². The van der Waals surface area contributed by atoms with Gasteiger partial charge < -0.3 is 19.9 Å². The van der Waals surface area contributed by atoms with Crippen molar-refractivity contribution in [3.63, 3.8) is 0 Å². The van der Waals surface area contributed by atoms with Gasteiger partial charge in [-0.05, 0) is 37.3 Å². The molecule has 1 fully saturated rings. The summed E-state index contributed by atoms with van der Waals surface area (Å²) in [4.78, 5) is 41.0. The van der Waals surface area contributed by atoms with E-state index >= 15 is 0 Å². The standard InChI is InChI=1S/C21H31N3O4/c1-15(2)14-18(22-19(25)17-9-6-5-8-16(17)3)20(26)23-10-7-11-24(13-12-23)21(27)28-4/h5-6,8-9,15,18H,7,10-14H2,1-4H3,(H,22,25). The maximum Gasteiger partial charge on any atom is 0.409 e. The lowest BCUT2D eigenvalue weighted by Crippen LogP contribution is -2.50. The third-order valence-electron chi connectivity index (χ3n) is 4.94. The maximum atomic E-state index is 13.2. The van der Waals surface area contributed by atoms with Gasteiger partial charge in [0, 0.05) is 31.7 Å². The molecule has 1 aliphatic rings. The average Bonchev–Trinajstić information content (AvgIpc) is 2.92. The van der Waals surface area contributed by atoms with Gasteiger partial charge in [-0.25, -0.2) is 4.79 Å². The molecule has 1 saturated heterocycles. The Hall–Kier alpha value is -2.57. The van der Waals surface area contributed by atoms with Crippen LogP contribution >= 0.6 is 0 Å². The van der Waals surface area contributed by atoms with Gasteiger partial charge in [0.2, 0.25) is 5.91 Å². The summed E-state index contributed by atoms with van der Waals surface area (Å²) in [6.07, 6.45) is 0.871. The normalized spacial score (nSPS) is 15.8. The van der Waals surface area contributed by atoms with E-state index in [1.54, 1.807) is 15.9 Å². The Morgan fingerprint density at radius 3 is 2.36 bits per heavy atom. The molecule has 1 atom stereocenters. The van der Waals surface area contributed by atoms with Crippen LogP contribution in [0.4, 0.5) is 4.79 Å². The number of amides is 3. The van der Waals surface area contributed by atoms with Crippen LogP contribution in [0.15, 0.2) is 24.3 Å². The van der Waals surface area contributed by atoms with Crippen molar-refractivity contribution < 1.29 is 19.1 Å². The maximum absolute atomic E-state index is 13.2. The SMILES string of the molecule is COC(=O)N1CCCN(C(=O)C(CC(C)C)NC(=O)c2ccccc2C)CC1. The number of methoxy groups -OCH3 is 1. The molecule has 0 bridgehead atoms. The van der Waals surface area contributed by atoms with E-state index in [0.717, 1.165) is 5.56 Å². The van der Waals surface area contributed by atoms with Crippen molar-refractivity contribution in [3.05, 3.63) is 35.4 Å². The van der Waals surface area contributed by atoms with Gasteiger partial charge in [-0.2, -0.15) is 0 Å². The predicted molar refractivity (Wildman–Crippen MR) is 107 cm³/mol. The van der Waals surface area contributed by atoms with Crippen LogP contribution in [0.1, 0.15) is 42.6 Å². The lowest BCUT2D eigenvalue weighted by atomic mass is 10.0. The van der Waals surface area contributed by atoms with Gasteiger partial charge in [0.25, 0.3) is 5.91 Å². The summed E-state index contributed by atoms with van der Waals surface area (Å²) in [7, 11) is 1.36. The van der Waals surface area contributed by atoms with Crippen molar-refractivity contribution in [2.45, 2.75) is 39.7 Å². The largest absolute Gasteiger partial charge is 0.453 e. The topological polar surface area (TPSA) is 79.0 Å². The fraction of sp³-hybridized carbons (Fsp3) is 0.571. The zero-order chi connectivity index (χ0) is 20.7. The van der Waals surface area contributed by atoms with Crippen LogP contribution < -0.4 is 5.32 Å². The van der Waals surface area contributed by atoms with Crippen molar-refractivity contribution in [3.8, 4) is 0 Å². The quantitative estimate of drug-likeness (QED) is 0.839. The van der Waals surface area contributed by atoms with Crippen LogP contribution in [0.25, 0.3) is 0 Å². The first kappa shape index (κ1) is 21.7. The molecule has 2 rings (SSSR count). The van der Waals surface area contributed by atoms with E-state index in [2.05, 4.69) is 5.32 Å². The molecule has 1 heterocycles. The van der Waals surface area contributed by atoms with Crippen molar-refractivity contribution in [1.29, 1.82) is 0 Å². The van der Waals surface area contributed by atoms with E-state index in [9.17, 15) is 14.4 Å². The molecule has 1 aromatic carbocycles. The number of nitrogens with zero attached hydrogens (tertiary/aromatic N) is 2. The van der Waals surface area contributed by atoms with Gasteiger partial charge in [-0.15, -0.1) is 0 Å². The van der Waals surface area contributed by atoms with Crippen molar-refractivity contribution in [2.24, 2.45) is 5.92 Å². The number of nitrogens with one attached hydrogen (secondary N) is 1. The minimum Gasteiger partial charge on any atom is -0.453 e. The summed E-state index contributed by atoms with van der Waals surface area (Å²) < 4.78 is 4.78. The van der Waals surface area contributed by atoms with Gasteiger partial charge in [-0.3, -0.25) is 9.59 Å². The summed E-state index contributed by atoms with van der Waals surface area (Å²) in [6.45, 7) is 7.91. The van der Waals surface area contributed by atoms with E-state index < -0.39 is 6.04 Å².